The Hall–Kier alpha value is -1.20. The summed E-state index contributed by atoms with van der Waals surface area (Å²) in [5, 5.41) is 12.9. The zero-order valence-electron chi connectivity index (χ0n) is 12.2. The van der Waals surface area contributed by atoms with Crippen molar-refractivity contribution in [3.05, 3.63) is 48.0 Å². The summed E-state index contributed by atoms with van der Waals surface area (Å²) in [6, 6.07) is 9.93. The molecule has 0 aliphatic carbocycles. The smallest absolute Gasteiger partial charge is 0.0897 e. The van der Waals surface area contributed by atoms with Crippen molar-refractivity contribution < 1.29 is 14.6 Å². The van der Waals surface area contributed by atoms with E-state index in [-0.39, 0.29) is 0 Å². The lowest BCUT2D eigenvalue weighted by Gasteiger charge is -2.12. The summed E-state index contributed by atoms with van der Waals surface area (Å²) in [6.07, 6.45) is -0.500. The van der Waals surface area contributed by atoms with Gasteiger partial charge in [-0.05, 0) is 12.5 Å². The number of aliphatic hydroxyl groups is 1. The summed E-state index contributed by atoms with van der Waals surface area (Å²) in [5.74, 6) is 0. The minimum atomic E-state index is -0.500. The van der Waals surface area contributed by atoms with Crippen LogP contribution in [0.3, 0.4) is 0 Å². The summed E-state index contributed by atoms with van der Waals surface area (Å²) in [4.78, 5) is 0. The molecule has 1 rings (SSSR count). The fourth-order valence-electron chi connectivity index (χ4n) is 1.61. The van der Waals surface area contributed by atoms with Gasteiger partial charge in [-0.3, -0.25) is 0 Å². The molecule has 0 aliphatic rings. The van der Waals surface area contributed by atoms with Gasteiger partial charge in [-0.2, -0.15) is 0 Å². The maximum absolute atomic E-state index is 9.73. The van der Waals surface area contributed by atoms with Gasteiger partial charge in [0.2, 0.25) is 0 Å². The number of aliphatic hydroxyl groups excluding tert-OH is 1. The van der Waals surface area contributed by atoms with Gasteiger partial charge in [-0.15, -0.1) is 0 Å². The molecule has 0 saturated heterocycles. The highest BCUT2D eigenvalue weighted by atomic mass is 16.5. The Labute approximate surface area is 121 Å². The predicted octanol–water partition coefficient (Wildman–Crippen LogP) is 1.75. The summed E-state index contributed by atoms with van der Waals surface area (Å²) in [7, 11) is 0. The van der Waals surface area contributed by atoms with Crippen LogP contribution in [0.5, 0.6) is 0 Å². The van der Waals surface area contributed by atoms with E-state index in [0.29, 0.717) is 39.5 Å². The highest BCUT2D eigenvalue weighted by Gasteiger charge is 2.03. The first-order valence-electron chi connectivity index (χ1n) is 6.91. The number of rotatable bonds is 11. The van der Waals surface area contributed by atoms with Crippen LogP contribution in [-0.4, -0.2) is 44.1 Å². The maximum Gasteiger partial charge on any atom is 0.0897 e. The molecule has 0 saturated carbocycles. The molecule has 0 amide bonds. The number of nitrogens with one attached hydrogen (secondary N) is 1. The highest BCUT2D eigenvalue weighted by Crippen LogP contribution is 2.00. The minimum Gasteiger partial charge on any atom is -0.389 e. The molecule has 1 aromatic carbocycles. The van der Waals surface area contributed by atoms with Crippen molar-refractivity contribution in [2.24, 2.45) is 0 Å². The maximum atomic E-state index is 9.73. The molecule has 0 aliphatic heterocycles. The first-order chi connectivity index (χ1) is 9.68. The SMILES string of the molecule is C=C(C)COCCNCC(O)COCc1ccccc1. The fraction of sp³-hybridized carbons (Fsp3) is 0.500. The Balaban J connectivity index is 1.95. The van der Waals surface area contributed by atoms with Gasteiger partial charge in [-0.25, -0.2) is 0 Å². The van der Waals surface area contributed by atoms with E-state index in [9.17, 15) is 5.11 Å². The Morgan fingerprint density at radius 1 is 1.30 bits per heavy atom. The van der Waals surface area contributed by atoms with Crippen LogP contribution >= 0.6 is 0 Å². The normalized spacial score (nSPS) is 12.3. The van der Waals surface area contributed by atoms with Crippen molar-refractivity contribution in [3.8, 4) is 0 Å². The zero-order valence-corrected chi connectivity index (χ0v) is 12.2. The topological polar surface area (TPSA) is 50.7 Å². The summed E-state index contributed by atoms with van der Waals surface area (Å²) < 4.78 is 10.8. The lowest BCUT2D eigenvalue weighted by molar-refractivity contribution is 0.0280. The lowest BCUT2D eigenvalue weighted by Crippen LogP contribution is -2.32. The quantitative estimate of drug-likeness (QED) is 0.478. The van der Waals surface area contributed by atoms with Crippen LogP contribution in [0.25, 0.3) is 0 Å². The Kier molecular flexibility index (Phi) is 8.91. The molecule has 0 fully saturated rings. The average Bonchev–Trinajstić information content (AvgIpc) is 2.43. The predicted molar refractivity (Wildman–Crippen MR) is 80.6 cm³/mol. The van der Waals surface area contributed by atoms with Crippen LogP contribution in [0.15, 0.2) is 42.5 Å². The molecular weight excluding hydrogens is 254 g/mol. The molecule has 1 atom stereocenters. The van der Waals surface area contributed by atoms with Gasteiger partial charge in [0.1, 0.15) is 0 Å². The lowest BCUT2D eigenvalue weighted by atomic mass is 10.2. The van der Waals surface area contributed by atoms with Crippen LogP contribution in [-0.2, 0) is 16.1 Å². The molecule has 20 heavy (non-hydrogen) atoms. The Morgan fingerprint density at radius 3 is 2.75 bits per heavy atom. The third-order valence-corrected chi connectivity index (χ3v) is 2.57. The van der Waals surface area contributed by atoms with E-state index < -0.39 is 6.10 Å². The molecule has 1 aromatic rings. The average molecular weight is 279 g/mol. The van der Waals surface area contributed by atoms with Crippen molar-refractivity contribution in [2.75, 3.05) is 32.9 Å². The van der Waals surface area contributed by atoms with Gasteiger partial charge in [-0.1, -0.05) is 42.5 Å². The highest BCUT2D eigenvalue weighted by molar-refractivity contribution is 5.13. The van der Waals surface area contributed by atoms with Gasteiger partial charge < -0.3 is 19.9 Å². The van der Waals surface area contributed by atoms with E-state index in [1.807, 2.05) is 37.3 Å². The molecule has 0 spiro atoms. The number of hydrogen-bond donors (Lipinski definition) is 2. The van der Waals surface area contributed by atoms with Crippen LogP contribution < -0.4 is 5.32 Å². The standard InChI is InChI=1S/C16H25NO3/c1-14(2)11-19-9-8-17-10-16(18)13-20-12-15-6-4-3-5-7-15/h3-7,16-18H,1,8-13H2,2H3. The van der Waals surface area contributed by atoms with Gasteiger partial charge in [0, 0.05) is 13.1 Å². The first kappa shape index (κ1) is 16.9. The molecule has 4 heteroatoms. The van der Waals surface area contributed by atoms with Gasteiger partial charge in [0.15, 0.2) is 0 Å². The van der Waals surface area contributed by atoms with E-state index in [1.54, 1.807) is 0 Å². The molecule has 0 heterocycles. The van der Waals surface area contributed by atoms with Crippen molar-refractivity contribution in [2.45, 2.75) is 19.6 Å². The largest absolute Gasteiger partial charge is 0.389 e. The Morgan fingerprint density at radius 2 is 2.05 bits per heavy atom. The van der Waals surface area contributed by atoms with Crippen LogP contribution in [0.1, 0.15) is 12.5 Å². The van der Waals surface area contributed by atoms with Gasteiger partial charge in [0.05, 0.1) is 32.5 Å². The second-order valence-electron chi connectivity index (χ2n) is 4.87. The number of benzene rings is 1. The molecule has 0 bridgehead atoms. The summed E-state index contributed by atoms with van der Waals surface area (Å²) >= 11 is 0. The Bertz CT molecular complexity index is 367. The zero-order chi connectivity index (χ0) is 14.6. The molecule has 4 nitrogen and oxygen atoms in total. The molecule has 0 aromatic heterocycles. The van der Waals surface area contributed by atoms with Crippen molar-refractivity contribution in [1.82, 2.24) is 5.32 Å². The molecule has 112 valence electrons. The van der Waals surface area contributed by atoms with E-state index >= 15 is 0 Å². The van der Waals surface area contributed by atoms with E-state index in [4.69, 9.17) is 9.47 Å². The number of ether oxygens (including phenoxy) is 2. The molecule has 1 unspecified atom stereocenters. The van der Waals surface area contributed by atoms with Crippen LogP contribution in [0.4, 0.5) is 0 Å². The molecule has 2 N–H and O–H groups in total. The fourth-order valence-corrected chi connectivity index (χ4v) is 1.61. The summed E-state index contributed by atoms with van der Waals surface area (Å²) in [5.41, 5.74) is 2.13. The van der Waals surface area contributed by atoms with Gasteiger partial charge in [0.25, 0.3) is 0 Å². The second kappa shape index (κ2) is 10.6. The van der Waals surface area contributed by atoms with Crippen LogP contribution in [0.2, 0.25) is 0 Å². The van der Waals surface area contributed by atoms with E-state index in [2.05, 4.69) is 11.9 Å². The van der Waals surface area contributed by atoms with Crippen molar-refractivity contribution in [3.63, 3.8) is 0 Å². The van der Waals surface area contributed by atoms with Crippen LogP contribution in [0, 0.1) is 0 Å². The third kappa shape index (κ3) is 8.82. The number of hydrogen-bond acceptors (Lipinski definition) is 4. The van der Waals surface area contributed by atoms with E-state index in [1.165, 1.54) is 0 Å². The van der Waals surface area contributed by atoms with E-state index in [0.717, 1.165) is 11.1 Å². The summed E-state index contributed by atoms with van der Waals surface area (Å²) in [6.45, 7) is 8.96. The second-order valence-corrected chi connectivity index (χ2v) is 4.87. The first-order valence-corrected chi connectivity index (χ1v) is 6.91. The minimum absolute atomic E-state index is 0.328. The van der Waals surface area contributed by atoms with Gasteiger partial charge >= 0.3 is 0 Å². The third-order valence-electron chi connectivity index (χ3n) is 2.57. The molecular formula is C16H25NO3. The van der Waals surface area contributed by atoms with Crippen molar-refractivity contribution in [1.29, 1.82) is 0 Å². The van der Waals surface area contributed by atoms with Crippen molar-refractivity contribution >= 4 is 0 Å². The monoisotopic (exact) mass is 279 g/mol. The molecule has 0 radical (unpaired) electrons.